The number of nitrogens with one attached hydrogen (secondary N) is 1. The van der Waals surface area contributed by atoms with Gasteiger partial charge in [0.25, 0.3) is 5.91 Å². The summed E-state index contributed by atoms with van der Waals surface area (Å²) in [7, 11) is -3.77. The average molecular weight is 467 g/mol. The van der Waals surface area contributed by atoms with Crippen molar-refractivity contribution in [1.82, 2.24) is 24.5 Å². The Balaban J connectivity index is 1.57. The van der Waals surface area contributed by atoms with Gasteiger partial charge in [-0.1, -0.05) is 17.8 Å². The van der Waals surface area contributed by atoms with E-state index in [0.29, 0.717) is 29.7 Å². The first-order valence-electron chi connectivity index (χ1n) is 8.90. The van der Waals surface area contributed by atoms with Crippen LogP contribution in [0.5, 0.6) is 0 Å². The number of hydrogen-bond acceptors (Lipinski definition) is 9. The zero-order chi connectivity index (χ0) is 21.1. The Labute approximate surface area is 181 Å². The molecule has 1 aliphatic rings. The fourth-order valence-electron chi connectivity index (χ4n) is 2.96. The van der Waals surface area contributed by atoms with E-state index in [4.69, 9.17) is 4.74 Å². The quantitative estimate of drug-likeness (QED) is 0.546. The summed E-state index contributed by atoms with van der Waals surface area (Å²) in [6, 6.07) is 8.47. The number of tetrazole rings is 1. The number of carbonyl (C=O) groups is 1. The lowest BCUT2D eigenvalue weighted by Gasteiger charge is -2.26. The van der Waals surface area contributed by atoms with Gasteiger partial charge in [0.2, 0.25) is 15.2 Å². The zero-order valence-corrected chi connectivity index (χ0v) is 18.3. The van der Waals surface area contributed by atoms with Gasteiger partial charge in [-0.25, -0.2) is 8.42 Å². The van der Waals surface area contributed by atoms with E-state index in [9.17, 15) is 13.2 Å². The molecule has 0 spiro atoms. The molecule has 1 aromatic carbocycles. The third-order valence-corrected chi connectivity index (χ3v) is 8.00. The molecule has 2 aromatic heterocycles. The number of morpholine rings is 1. The Morgan fingerprint density at radius 3 is 2.83 bits per heavy atom. The Kier molecular flexibility index (Phi) is 6.15. The second-order valence-electron chi connectivity index (χ2n) is 6.21. The summed E-state index contributed by atoms with van der Waals surface area (Å²) in [5.74, 6) is -0.490. The second kappa shape index (κ2) is 8.81. The minimum Gasteiger partial charge on any atom is -0.379 e. The summed E-state index contributed by atoms with van der Waals surface area (Å²) in [6.45, 7) is 1.22. The van der Waals surface area contributed by atoms with Gasteiger partial charge in [-0.15, -0.1) is 16.4 Å². The number of amides is 1. The molecule has 1 aliphatic heterocycles. The molecule has 30 heavy (non-hydrogen) atoms. The number of nitrogens with zero attached hydrogens (tertiary/aromatic N) is 5. The summed E-state index contributed by atoms with van der Waals surface area (Å²) >= 11 is 2.48. The van der Waals surface area contributed by atoms with Crippen LogP contribution < -0.4 is 5.32 Å². The highest BCUT2D eigenvalue weighted by Crippen LogP contribution is 2.27. The minimum absolute atomic E-state index is 0.00759. The van der Waals surface area contributed by atoms with Crippen molar-refractivity contribution in [3.05, 3.63) is 40.6 Å². The van der Waals surface area contributed by atoms with Crippen molar-refractivity contribution >= 4 is 44.7 Å². The summed E-state index contributed by atoms with van der Waals surface area (Å²) in [4.78, 5) is 13.0. The van der Waals surface area contributed by atoms with Crippen LogP contribution in [-0.2, 0) is 14.8 Å². The first-order chi connectivity index (χ1) is 14.5. The highest BCUT2D eigenvalue weighted by molar-refractivity contribution is 7.98. The summed E-state index contributed by atoms with van der Waals surface area (Å²) in [5.41, 5.74) is 1.18. The van der Waals surface area contributed by atoms with Gasteiger partial charge in [0.05, 0.1) is 18.9 Å². The van der Waals surface area contributed by atoms with E-state index in [2.05, 4.69) is 20.8 Å². The molecular weight excluding hydrogens is 448 g/mol. The largest absolute Gasteiger partial charge is 0.379 e. The van der Waals surface area contributed by atoms with E-state index < -0.39 is 15.9 Å². The Hall–Kier alpha value is -2.32. The molecule has 3 aromatic rings. The van der Waals surface area contributed by atoms with Crippen molar-refractivity contribution in [2.75, 3.05) is 37.9 Å². The molecule has 0 unspecified atom stereocenters. The summed E-state index contributed by atoms with van der Waals surface area (Å²) in [5, 5.41) is 16.5. The molecular formula is C17H18N6O4S3. The van der Waals surface area contributed by atoms with Crippen LogP contribution in [-0.4, -0.2) is 71.4 Å². The number of ether oxygens (including phenoxy) is 1. The highest BCUT2D eigenvalue weighted by atomic mass is 32.2. The number of thioether (sulfide) groups is 1. The molecule has 10 nitrogen and oxygen atoms in total. The van der Waals surface area contributed by atoms with Gasteiger partial charge in [-0.05, 0) is 46.3 Å². The molecule has 1 N–H and O–H groups in total. The van der Waals surface area contributed by atoms with Gasteiger partial charge in [0.1, 0.15) is 9.77 Å². The molecule has 0 radical (unpaired) electrons. The van der Waals surface area contributed by atoms with E-state index in [0.717, 1.165) is 11.3 Å². The Bertz CT molecular complexity index is 1150. The van der Waals surface area contributed by atoms with Crippen molar-refractivity contribution in [1.29, 1.82) is 0 Å². The van der Waals surface area contributed by atoms with E-state index >= 15 is 0 Å². The molecule has 0 atom stereocenters. The number of thiophene rings is 1. The fraction of sp³-hybridized carbons (Fsp3) is 0.294. The predicted molar refractivity (Wildman–Crippen MR) is 113 cm³/mol. The van der Waals surface area contributed by atoms with Crippen LogP contribution in [0.2, 0.25) is 0 Å². The van der Waals surface area contributed by atoms with Crippen molar-refractivity contribution in [2.24, 2.45) is 0 Å². The molecule has 0 saturated carbocycles. The SMILES string of the molecule is CSc1nnnn1-c1cccc(NC(=O)c2sccc2S(=O)(=O)N2CCOCC2)c1. The monoisotopic (exact) mass is 466 g/mol. The summed E-state index contributed by atoms with van der Waals surface area (Å²) in [6.07, 6.45) is 1.86. The lowest BCUT2D eigenvalue weighted by atomic mass is 10.2. The number of anilines is 1. The predicted octanol–water partition coefficient (Wildman–Crippen LogP) is 1.72. The lowest BCUT2D eigenvalue weighted by molar-refractivity contribution is 0.0730. The van der Waals surface area contributed by atoms with Gasteiger partial charge in [0, 0.05) is 18.8 Å². The van der Waals surface area contributed by atoms with Gasteiger partial charge in [-0.2, -0.15) is 8.99 Å². The standard InChI is InChI=1S/C17H18N6O4S3/c1-28-17-19-20-21-23(17)13-4-2-3-12(11-13)18-16(24)15-14(5-10-29-15)30(25,26)22-6-8-27-9-7-22/h2-5,10-11H,6-9H2,1H3,(H,18,24). The maximum Gasteiger partial charge on any atom is 0.267 e. The van der Waals surface area contributed by atoms with Crippen molar-refractivity contribution in [3.63, 3.8) is 0 Å². The minimum atomic E-state index is -3.77. The number of carbonyl (C=O) groups excluding carboxylic acids is 1. The number of sulfonamides is 1. The molecule has 1 amide bonds. The summed E-state index contributed by atoms with van der Waals surface area (Å²) < 4.78 is 34.1. The number of aromatic nitrogens is 4. The smallest absolute Gasteiger partial charge is 0.267 e. The third kappa shape index (κ3) is 4.11. The first kappa shape index (κ1) is 20.9. The molecule has 13 heteroatoms. The lowest BCUT2D eigenvalue weighted by Crippen LogP contribution is -2.41. The molecule has 0 aliphatic carbocycles. The highest BCUT2D eigenvalue weighted by Gasteiger charge is 2.31. The van der Waals surface area contributed by atoms with Crippen LogP contribution in [0.3, 0.4) is 0 Å². The topological polar surface area (TPSA) is 119 Å². The van der Waals surface area contributed by atoms with Crippen LogP contribution in [0.25, 0.3) is 5.69 Å². The number of hydrogen-bond donors (Lipinski definition) is 1. The van der Waals surface area contributed by atoms with E-state index in [1.165, 1.54) is 22.1 Å². The van der Waals surface area contributed by atoms with Gasteiger partial charge < -0.3 is 10.1 Å². The Morgan fingerprint density at radius 1 is 1.27 bits per heavy atom. The molecule has 1 fully saturated rings. The van der Waals surface area contributed by atoms with Crippen molar-refractivity contribution < 1.29 is 17.9 Å². The number of benzene rings is 1. The van der Waals surface area contributed by atoms with Crippen LogP contribution in [0.15, 0.2) is 45.8 Å². The molecule has 0 bridgehead atoms. The van der Waals surface area contributed by atoms with Crippen LogP contribution in [0.4, 0.5) is 5.69 Å². The fourth-order valence-corrected chi connectivity index (χ4v) is 6.10. The van der Waals surface area contributed by atoms with Crippen molar-refractivity contribution in [2.45, 2.75) is 10.1 Å². The normalized spacial score (nSPS) is 15.2. The third-order valence-electron chi connectivity index (χ3n) is 4.40. The molecule has 1 saturated heterocycles. The van der Waals surface area contributed by atoms with Crippen molar-refractivity contribution in [3.8, 4) is 5.69 Å². The van der Waals surface area contributed by atoms with Crippen LogP contribution >= 0.6 is 23.1 Å². The zero-order valence-electron chi connectivity index (χ0n) is 15.9. The Morgan fingerprint density at radius 2 is 2.07 bits per heavy atom. The maximum atomic E-state index is 13.0. The van der Waals surface area contributed by atoms with E-state index in [1.54, 1.807) is 28.3 Å². The molecule has 158 valence electrons. The molecule has 3 heterocycles. The number of rotatable bonds is 6. The first-order valence-corrected chi connectivity index (χ1v) is 12.4. The van der Waals surface area contributed by atoms with Crippen LogP contribution in [0.1, 0.15) is 9.67 Å². The average Bonchev–Trinajstić information content (AvgIpc) is 3.44. The van der Waals surface area contributed by atoms with Gasteiger partial charge in [0.15, 0.2) is 0 Å². The van der Waals surface area contributed by atoms with Crippen LogP contribution in [0, 0.1) is 0 Å². The van der Waals surface area contributed by atoms with Gasteiger partial charge in [-0.3, -0.25) is 4.79 Å². The van der Waals surface area contributed by atoms with Gasteiger partial charge >= 0.3 is 0 Å². The maximum absolute atomic E-state index is 13.0. The van der Waals surface area contributed by atoms with E-state index in [1.807, 2.05) is 12.3 Å². The van der Waals surface area contributed by atoms with E-state index in [-0.39, 0.29) is 22.9 Å². The second-order valence-corrected chi connectivity index (χ2v) is 9.81. The molecule has 4 rings (SSSR count).